The summed E-state index contributed by atoms with van der Waals surface area (Å²) in [5.41, 5.74) is 0. The van der Waals surface area contributed by atoms with Crippen molar-refractivity contribution in [3.8, 4) is 0 Å². The maximum atomic E-state index is 10.1. The minimum absolute atomic E-state index is 0.306. The zero-order valence-corrected chi connectivity index (χ0v) is 6.82. The van der Waals surface area contributed by atoms with Gasteiger partial charge in [-0.25, -0.2) is 0 Å². The van der Waals surface area contributed by atoms with Crippen LogP contribution >= 0.6 is 0 Å². The number of carbonyl (C=O) groups is 1. The molecule has 11 heavy (non-hydrogen) atoms. The summed E-state index contributed by atoms with van der Waals surface area (Å²) in [5, 5.41) is 0. The van der Waals surface area contributed by atoms with Crippen LogP contribution in [0.4, 0.5) is 0 Å². The van der Waals surface area contributed by atoms with E-state index in [2.05, 4.69) is 6.92 Å². The Bertz CT molecular complexity index is 132. The van der Waals surface area contributed by atoms with Gasteiger partial charge in [0.05, 0.1) is 18.9 Å². The molecule has 0 amide bonds. The third-order valence-electron chi connectivity index (χ3n) is 1.90. The van der Waals surface area contributed by atoms with Crippen molar-refractivity contribution in [3.63, 3.8) is 0 Å². The number of ether oxygens (including phenoxy) is 1. The highest BCUT2D eigenvalue weighted by Gasteiger charge is 2.18. The monoisotopic (exact) mass is 154 g/mol. The lowest BCUT2D eigenvalue weighted by Gasteiger charge is -2.30. The van der Waals surface area contributed by atoms with E-state index in [0.29, 0.717) is 6.10 Å². The van der Waals surface area contributed by atoms with E-state index in [4.69, 9.17) is 4.74 Å². The minimum Gasteiger partial charge on any atom is -0.376 e. The molecule has 61 valence electrons. The Morgan fingerprint density at radius 2 is 2.64 bits per heavy atom. The van der Waals surface area contributed by atoms with Crippen LogP contribution in [0.5, 0.6) is 0 Å². The Labute approximate surface area is 68.0 Å². The van der Waals surface area contributed by atoms with Crippen molar-refractivity contribution in [2.75, 3.05) is 19.7 Å². The number of carbonyl (C=O) groups excluding carboxylic acids is 1. The molecule has 4 heteroatoms. The van der Waals surface area contributed by atoms with Gasteiger partial charge in [0.2, 0.25) is 0 Å². The van der Waals surface area contributed by atoms with E-state index in [0.717, 1.165) is 32.3 Å². The van der Waals surface area contributed by atoms with Crippen LogP contribution in [-0.4, -0.2) is 44.2 Å². The molecule has 3 nitrogen and oxygen atoms in total. The highest BCUT2D eigenvalue weighted by Crippen LogP contribution is 2.05. The third kappa shape index (κ3) is 2.63. The minimum atomic E-state index is 0.306. The van der Waals surface area contributed by atoms with Gasteiger partial charge in [0.1, 0.15) is 0 Å². The normalized spacial score (nSPS) is 26.5. The van der Waals surface area contributed by atoms with Gasteiger partial charge in [0, 0.05) is 13.1 Å². The quantitative estimate of drug-likeness (QED) is 0.420. The van der Waals surface area contributed by atoms with Crippen molar-refractivity contribution in [1.29, 1.82) is 0 Å². The van der Waals surface area contributed by atoms with Crippen LogP contribution < -0.4 is 0 Å². The fourth-order valence-corrected chi connectivity index (χ4v) is 1.21. The molecule has 1 heterocycles. The van der Waals surface area contributed by atoms with Gasteiger partial charge in [-0.2, -0.15) is 0 Å². The van der Waals surface area contributed by atoms with Gasteiger partial charge in [-0.1, -0.05) is 6.92 Å². The molecule has 1 fully saturated rings. The molecule has 1 aliphatic heterocycles. The molecule has 1 saturated heterocycles. The molecule has 1 radical (unpaired) electrons. The van der Waals surface area contributed by atoms with Crippen LogP contribution in [0.2, 0.25) is 0 Å². The molecule has 0 aromatic heterocycles. The van der Waals surface area contributed by atoms with Gasteiger partial charge in [-0.3, -0.25) is 0 Å². The molecular weight excluding hydrogens is 141 g/mol. The number of hydrogen-bond donors (Lipinski definition) is 0. The topological polar surface area (TPSA) is 29.5 Å². The number of hydrogen-bond acceptors (Lipinski definition) is 3. The van der Waals surface area contributed by atoms with E-state index >= 15 is 0 Å². The molecule has 0 spiro atoms. The maximum absolute atomic E-state index is 10.1. The molecular formula is C7H13BNO2. The van der Waals surface area contributed by atoms with Crippen molar-refractivity contribution >= 4 is 13.6 Å². The average molecular weight is 154 g/mol. The summed E-state index contributed by atoms with van der Waals surface area (Å²) in [6, 6.07) is 0. The summed E-state index contributed by atoms with van der Waals surface area (Å²) in [7, 11) is 1.59. The summed E-state index contributed by atoms with van der Waals surface area (Å²) < 4.78 is 5.43. The van der Waals surface area contributed by atoms with E-state index in [1.165, 1.54) is 0 Å². The second-order valence-electron chi connectivity index (χ2n) is 2.68. The summed E-state index contributed by atoms with van der Waals surface area (Å²) in [4.78, 5) is 12.1. The fourth-order valence-electron chi connectivity index (χ4n) is 1.21. The van der Waals surface area contributed by atoms with Crippen molar-refractivity contribution in [3.05, 3.63) is 0 Å². The first-order valence-electron chi connectivity index (χ1n) is 4.01. The summed E-state index contributed by atoms with van der Waals surface area (Å²) in [5.74, 6) is 0. The Hall–Kier alpha value is -0.345. The molecule has 0 aromatic carbocycles. The summed E-state index contributed by atoms with van der Waals surface area (Å²) in [6.07, 6.45) is 2.15. The van der Waals surface area contributed by atoms with Crippen LogP contribution in [0.15, 0.2) is 0 Å². The van der Waals surface area contributed by atoms with Gasteiger partial charge in [-0.15, -0.1) is 0 Å². The SMILES string of the molecule is CC[C@H]1CN([B]C=O)CCO1. The van der Waals surface area contributed by atoms with Gasteiger partial charge in [0.15, 0.2) is 0 Å². The van der Waals surface area contributed by atoms with Crippen LogP contribution in [0.3, 0.4) is 0 Å². The first-order chi connectivity index (χ1) is 5.36. The molecule has 1 rings (SSSR count). The third-order valence-corrected chi connectivity index (χ3v) is 1.90. The standard InChI is InChI=1S/C7H13BNO2/c1-2-7-5-9(8-6-10)3-4-11-7/h6-7H,2-5H2,1H3/t7-/m0/s1. The zero-order chi connectivity index (χ0) is 8.10. The Balaban J connectivity index is 2.27. The van der Waals surface area contributed by atoms with Gasteiger partial charge < -0.3 is 14.3 Å². The van der Waals surface area contributed by atoms with Crippen molar-refractivity contribution in [1.82, 2.24) is 4.81 Å². The van der Waals surface area contributed by atoms with Crippen molar-refractivity contribution in [2.24, 2.45) is 0 Å². The molecule has 1 aliphatic rings. The highest BCUT2D eigenvalue weighted by atomic mass is 16.5. The van der Waals surface area contributed by atoms with Crippen LogP contribution in [0, 0.1) is 0 Å². The zero-order valence-electron chi connectivity index (χ0n) is 6.82. The maximum Gasteiger partial charge on any atom is 0.293 e. The lowest BCUT2D eigenvalue weighted by molar-refractivity contribution is -0.00304. The van der Waals surface area contributed by atoms with E-state index in [9.17, 15) is 4.79 Å². The first kappa shape index (κ1) is 8.75. The molecule has 0 N–H and O–H groups in total. The predicted octanol–water partition coefficient (Wildman–Crippen LogP) is -0.0934. The Morgan fingerprint density at radius 1 is 1.82 bits per heavy atom. The van der Waals surface area contributed by atoms with E-state index in [1.54, 1.807) is 7.41 Å². The van der Waals surface area contributed by atoms with E-state index in [1.807, 2.05) is 4.81 Å². The van der Waals surface area contributed by atoms with E-state index < -0.39 is 0 Å². The molecule has 0 saturated carbocycles. The molecule has 0 bridgehead atoms. The average Bonchev–Trinajstić information content (AvgIpc) is 2.06. The van der Waals surface area contributed by atoms with Gasteiger partial charge in [-0.05, 0) is 6.42 Å². The fraction of sp³-hybridized carbons (Fsp3) is 0.857. The Morgan fingerprint density at radius 3 is 3.27 bits per heavy atom. The Kier molecular flexibility index (Phi) is 3.59. The van der Waals surface area contributed by atoms with Gasteiger partial charge >= 0.3 is 0 Å². The number of nitrogens with zero attached hydrogens (tertiary/aromatic N) is 1. The largest absolute Gasteiger partial charge is 0.376 e. The first-order valence-corrected chi connectivity index (χ1v) is 4.01. The van der Waals surface area contributed by atoms with Crippen molar-refractivity contribution < 1.29 is 9.53 Å². The number of morpholine rings is 1. The smallest absolute Gasteiger partial charge is 0.293 e. The van der Waals surface area contributed by atoms with Crippen molar-refractivity contribution in [2.45, 2.75) is 19.4 Å². The predicted molar refractivity (Wildman–Crippen MR) is 44.1 cm³/mol. The van der Waals surface area contributed by atoms with Gasteiger partial charge in [0.25, 0.3) is 7.41 Å². The van der Waals surface area contributed by atoms with Crippen LogP contribution in [0.25, 0.3) is 0 Å². The van der Waals surface area contributed by atoms with Crippen LogP contribution in [-0.2, 0) is 9.53 Å². The van der Waals surface area contributed by atoms with E-state index in [-0.39, 0.29) is 0 Å². The van der Waals surface area contributed by atoms with Crippen LogP contribution in [0.1, 0.15) is 13.3 Å². The summed E-state index contributed by atoms with van der Waals surface area (Å²) in [6.45, 7) is 4.53. The second kappa shape index (κ2) is 4.52. The summed E-state index contributed by atoms with van der Waals surface area (Å²) >= 11 is 0. The molecule has 0 unspecified atom stereocenters. The molecule has 0 aliphatic carbocycles. The molecule has 1 atom stereocenters. The number of rotatable bonds is 3. The lowest BCUT2D eigenvalue weighted by Crippen LogP contribution is -2.44. The highest BCUT2D eigenvalue weighted by molar-refractivity contribution is 6.64. The lowest BCUT2D eigenvalue weighted by atomic mass is 9.93. The second-order valence-corrected chi connectivity index (χ2v) is 2.68. The molecule has 0 aromatic rings.